The van der Waals surface area contributed by atoms with Crippen LogP contribution in [-0.4, -0.2) is 22.1 Å². The number of aromatic nitrogens is 1. The summed E-state index contributed by atoms with van der Waals surface area (Å²) in [6.45, 7) is 8.87. The SMILES string of the molecule is CCC(C)(C)C[C@H]1C[C@@H](c2onc([C@@H](CCC(=O)O)CC(=O)Nc3ccc(C)cc3Cl)c2C2CC2)C1. The highest BCUT2D eigenvalue weighted by Crippen LogP contribution is 2.53. The molecule has 0 aliphatic heterocycles. The number of aliphatic carboxylic acids is 1. The first-order valence-electron chi connectivity index (χ1n) is 13.3. The zero-order valence-electron chi connectivity index (χ0n) is 21.9. The van der Waals surface area contributed by atoms with Crippen molar-refractivity contribution in [1.29, 1.82) is 0 Å². The maximum Gasteiger partial charge on any atom is 0.303 e. The van der Waals surface area contributed by atoms with Crippen LogP contribution in [0, 0.1) is 18.3 Å². The molecule has 2 saturated carbocycles. The largest absolute Gasteiger partial charge is 0.481 e. The Kier molecular flexibility index (Phi) is 8.13. The zero-order valence-corrected chi connectivity index (χ0v) is 22.7. The van der Waals surface area contributed by atoms with E-state index in [-0.39, 0.29) is 24.7 Å². The molecule has 2 aliphatic rings. The Hall–Kier alpha value is -2.34. The third-order valence-electron chi connectivity index (χ3n) is 8.10. The van der Waals surface area contributed by atoms with Crippen molar-refractivity contribution >= 4 is 29.2 Å². The van der Waals surface area contributed by atoms with Crippen molar-refractivity contribution in [2.45, 2.75) is 103 Å². The molecule has 0 bridgehead atoms. The molecule has 2 aromatic rings. The second-order valence-electron chi connectivity index (χ2n) is 11.7. The molecule has 2 fully saturated rings. The van der Waals surface area contributed by atoms with E-state index in [2.05, 4.69) is 31.2 Å². The summed E-state index contributed by atoms with van der Waals surface area (Å²) in [6, 6.07) is 5.49. The van der Waals surface area contributed by atoms with Gasteiger partial charge in [-0.25, -0.2) is 0 Å². The molecule has 6 nitrogen and oxygen atoms in total. The number of halogens is 1. The van der Waals surface area contributed by atoms with Gasteiger partial charge in [-0.05, 0) is 80.4 Å². The van der Waals surface area contributed by atoms with Crippen LogP contribution in [0.4, 0.5) is 5.69 Å². The van der Waals surface area contributed by atoms with Crippen LogP contribution in [0.3, 0.4) is 0 Å². The van der Waals surface area contributed by atoms with Crippen molar-refractivity contribution < 1.29 is 19.2 Å². The molecule has 1 aromatic heterocycles. The average molecular weight is 515 g/mol. The minimum atomic E-state index is -0.876. The summed E-state index contributed by atoms with van der Waals surface area (Å²) in [5, 5.41) is 17.2. The highest BCUT2D eigenvalue weighted by molar-refractivity contribution is 6.33. The quantitative estimate of drug-likeness (QED) is 0.301. The summed E-state index contributed by atoms with van der Waals surface area (Å²) in [5.74, 6) is 1.09. The number of carboxylic acids is 1. The van der Waals surface area contributed by atoms with E-state index in [0.717, 1.165) is 48.3 Å². The van der Waals surface area contributed by atoms with E-state index in [4.69, 9.17) is 16.1 Å². The summed E-state index contributed by atoms with van der Waals surface area (Å²) in [5.41, 5.74) is 3.87. The van der Waals surface area contributed by atoms with Gasteiger partial charge in [-0.1, -0.05) is 50.0 Å². The van der Waals surface area contributed by atoms with Crippen LogP contribution >= 0.6 is 11.6 Å². The number of carbonyl (C=O) groups excluding carboxylic acids is 1. The maximum atomic E-state index is 13.0. The number of carbonyl (C=O) groups is 2. The van der Waals surface area contributed by atoms with Crippen LogP contribution in [0.2, 0.25) is 5.02 Å². The van der Waals surface area contributed by atoms with Crippen LogP contribution in [0.25, 0.3) is 0 Å². The topological polar surface area (TPSA) is 92.4 Å². The van der Waals surface area contributed by atoms with Crippen molar-refractivity contribution in [2.75, 3.05) is 5.32 Å². The number of rotatable bonds is 12. The molecule has 4 rings (SSSR count). The lowest BCUT2D eigenvalue weighted by atomic mass is 9.66. The molecular formula is C29H39ClN2O4. The Morgan fingerprint density at radius 3 is 2.58 bits per heavy atom. The third kappa shape index (κ3) is 6.50. The van der Waals surface area contributed by atoms with E-state index in [0.29, 0.717) is 40.3 Å². The molecule has 7 heteroatoms. The molecule has 1 heterocycles. The molecular weight excluding hydrogens is 476 g/mol. The van der Waals surface area contributed by atoms with E-state index in [1.54, 1.807) is 6.07 Å². The molecule has 2 N–H and O–H groups in total. The summed E-state index contributed by atoms with van der Waals surface area (Å²) in [6.07, 6.45) is 7.28. The number of nitrogens with zero attached hydrogens (tertiary/aromatic N) is 1. The summed E-state index contributed by atoms with van der Waals surface area (Å²) >= 11 is 6.31. The van der Waals surface area contributed by atoms with Crippen molar-refractivity contribution in [3.8, 4) is 0 Å². The Balaban J connectivity index is 1.50. The molecule has 1 amide bonds. The van der Waals surface area contributed by atoms with E-state index < -0.39 is 5.97 Å². The van der Waals surface area contributed by atoms with Gasteiger partial charge in [0.15, 0.2) is 0 Å². The maximum absolute atomic E-state index is 13.0. The van der Waals surface area contributed by atoms with Gasteiger partial charge in [-0.2, -0.15) is 0 Å². The molecule has 1 atom stereocenters. The first-order valence-corrected chi connectivity index (χ1v) is 13.7. The van der Waals surface area contributed by atoms with Crippen LogP contribution in [0.15, 0.2) is 22.7 Å². The van der Waals surface area contributed by atoms with Crippen LogP contribution in [0.5, 0.6) is 0 Å². The van der Waals surface area contributed by atoms with E-state index in [1.807, 2.05) is 19.1 Å². The minimum absolute atomic E-state index is 0.0207. The predicted octanol–water partition coefficient (Wildman–Crippen LogP) is 7.81. The first-order chi connectivity index (χ1) is 17.1. The predicted molar refractivity (Wildman–Crippen MR) is 142 cm³/mol. The standard InChI is InChI=1S/C29H39ClN2O4/c1-5-29(3,4)16-18-13-21(14-18)28-26(19-7-8-19)27(32-36-28)20(9-11-25(34)35)15-24(33)31-23-10-6-17(2)12-22(23)30/h6,10,12,18-21H,5,7-9,11,13-16H2,1-4H3,(H,31,33)(H,34,35)/t18-,20-,21+/m0/s1. The average Bonchev–Trinajstić information content (AvgIpc) is 3.54. The Morgan fingerprint density at radius 1 is 1.25 bits per heavy atom. The molecule has 1 aromatic carbocycles. The van der Waals surface area contributed by atoms with Gasteiger partial charge in [0.05, 0.1) is 16.4 Å². The second kappa shape index (κ2) is 11.0. The minimum Gasteiger partial charge on any atom is -0.481 e. The van der Waals surface area contributed by atoms with Crippen molar-refractivity contribution in [3.63, 3.8) is 0 Å². The number of nitrogens with one attached hydrogen (secondary N) is 1. The number of anilines is 1. The highest BCUT2D eigenvalue weighted by Gasteiger charge is 2.42. The Bertz CT molecular complexity index is 1100. The second-order valence-corrected chi connectivity index (χ2v) is 12.1. The lowest BCUT2D eigenvalue weighted by molar-refractivity contribution is -0.137. The van der Waals surface area contributed by atoms with Crippen molar-refractivity contribution in [3.05, 3.63) is 45.8 Å². The molecule has 0 saturated heterocycles. The number of hydrogen-bond donors (Lipinski definition) is 2. The van der Waals surface area contributed by atoms with E-state index >= 15 is 0 Å². The number of benzene rings is 1. The van der Waals surface area contributed by atoms with Crippen LogP contribution in [0.1, 0.15) is 119 Å². The van der Waals surface area contributed by atoms with E-state index in [1.165, 1.54) is 12.8 Å². The first kappa shape index (κ1) is 26.7. The molecule has 36 heavy (non-hydrogen) atoms. The van der Waals surface area contributed by atoms with Gasteiger partial charge in [0.2, 0.25) is 5.91 Å². The fourth-order valence-electron chi connectivity index (χ4n) is 5.52. The smallest absolute Gasteiger partial charge is 0.303 e. The third-order valence-corrected chi connectivity index (χ3v) is 8.41. The summed E-state index contributed by atoms with van der Waals surface area (Å²) < 4.78 is 5.98. The number of aryl methyl sites for hydroxylation is 1. The molecule has 2 aliphatic carbocycles. The van der Waals surface area contributed by atoms with Gasteiger partial charge < -0.3 is 14.9 Å². The fourth-order valence-corrected chi connectivity index (χ4v) is 5.80. The van der Waals surface area contributed by atoms with Gasteiger partial charge in [-0.15, -0.1) is 0 Å². The van der Waals surface area contributed by atoms with Crippen LogP contribution < -0.4 is 5.32 Å². The molecule has 196 valence electrons. The number of carboxylic acid groups (broad SMARTS) is 1. The van der Waals surface area contributed by atoms with Gasteiger partial charge in [-0.3, -0.25) is 9.59 Å². The van der Waals surface area contributed by atoms with Gasteiger partial charge in [0, 0.05) is 30.2 Å². The highest BCUT2D eigenvalue weighted by atomic mass is 35.5. The van der Waals surface area contributed by atoms with Gasteiger partial charge >= 0.3 is 5.97 Å². The van der Waals surface area contributed by atoms with Gasteiger partial charge in [0.25, 0.3) is 0 Å². The lowest BCUT2D eigenvalue weighted by Crippen LogP contribution is -2.27. The van der Waals surface area contributed by atoms with Crippen molar-refractivity contribution in [1.82, 2.24) is 5.16 Å². The number of amides is 1. The molecule has 0 unspecified atom stereocenters. The Morgan fingerprint density at radius 2 is 1.97 bits per heavy atom. The zero-order chi connectivity index (χ0) is 26.0. The molecule has 0 radical (unpaired) electrons. The fraction of sp³-hybridized carbons (Fsp3) is 0.621. The lowest BCUT2D eigenvalue weighted by Gasteiger charge is -2.39. The van der Waals surface area contributed by atoms with E-state index in [9.17, 15) is 14.7 Å². The summed E-state index contributed by atoms with van der Waals surface area (Å²) in [4.78, 5) is 24.4. The van der Waals surface area contributed by atoms with Crippen LogP contribution in [-0.2, 0) is 9.59 Å². The number of hydrogen-bond acceptors (Lipinski definition) is 4. The van der Waals surface area contributed by atoms with Crippen molar-refractivity contribution in [2.24, 2.45) is 11.3 Å². The monoisotopic (exact) mass is 514 g/mol. The Labute approximate surface area is 219 Å². The summed E-state index contributed by atoms with van der Waals surface area (Å²) in [7, 11) is 0. The van der Waals surface area contributed by atoms with Gasteiger partial charge in [0.1, 0.15) is 5.76 Å². The molecule has 0 spiro atoms. The normalized spacial score (nSPS) is 20.6.